The second kappa shape index (κ2) is 9.48. The van der Waals surface area contributed by atoms with Gasteiger partial charge in [0.15, 0.2) is 16.6 Å². The van der Waals surface area contributed by atoms with Gasteiger partial charge in [0.05, 0.1) is 44.1 Å². The number of phenols is 1. The smallest absolute Gasteiger partial charge is 0.235 e. The number of phenolic OH excluding ortho intramolecular Hbond substituents is 1. The predicted octanol–water partition coefficient (Wildman–Crippen LogP) is 2.67. The number of hydrogen-bond acceptors (Lipinski definition) is 7. The van der Waals surface area contributed by atoms with Gasteiger partial charge >= 0.3 is 0 Å². The molecule has 2 aromatic heterocycles. The van der Waals surface area contributed by atoms with E-state index >= 15 is 0 Å². The average molecular weight is 555 g/mol. The van der Waals surface area contributed by atoms with Gasteiger partial charge in [0.1, 0.15) is 5.39 Å². The van der Waals surface area contributed by atoms with Gasteiger partial charge in [-0.2, -0.15) is 0 Å². The number of sulfonamides is 1. The van der Waals surface area contributed by atoms with Crippen LogP contribution in [0.1, 0.15) is 12.8 Å². The van der Waals surface area contributed by atoms with Crippen LogP contribution >= 0.6 is 12.2 Å². The van der Waals surface area contributed by atoms with Crippen molar-refractivity contribution < 1.29 is 23.2 Å². The first-order valence-electron chi connectivity index (χ1n) is 12.3. The largest absolute Gasteiger partial charge is 0.504 e. The number of benzene rings is 2. The van der Waals surface area contributed by atoms with Crippen LogP contribution in [0.4, 0.5) is 17.2 Å². The third kappa shape index (κ3) is 4.63. The molecular weight excluding hydrogens is 526 g/mol. The zero-order valence-electron chi connectivity index (χ0n) is 20.7. The molecule has 0 bridgehead atoms. The number of thiocarbonyl (C=S) groups is 1. The molecule has 11 nitrogen and oxygen atoms in total. The van der Waals surface area contributed by atoms with Gasteiger partial charge in [0.2, 0.25) is 27.8 Å². The van der Waals surface area contributed by atoms with E-state index in [0.717, 1.165) is 72.5 Å². The molecule has 38 heavy (non-hydrogen) atoms. The molecule has 3 heterocycles. The molecule has 2 fully saturated rings. The molecule has 5 N–H and O–H groups in total. The number of aromatic amines is 2. The van der Waals surface area contributed by atoms with E-state index in [1.807, 2.05) is 18.2 Å². The maximum absolute atomic E-state index is 12.1. The van der Waals surface area contributed by atoms with E-state index in [-0.39, 0.29) is 11.0 Å². The second-order valence-electron chi connectivity index (χ2n) is 9.50. The minimum Gasteiger partial charge on any atom is -0.504 e. The second-order valence-corrected chi connectivity index (χ2v) is 11.8. The summed E-state index contributed by atoms with van der Waals surface area (Å²) in [6, 6.07) is 10.6. The van der Waals surface area contributed by atoms with Crippen molar-refractivity contribution >= 4 is 66.5 Å². The first kappa shape index (κ1) is 24.5. The Hall–Kier alpha value is -3.84. The molecule has 2 aliphatic rings. The predicted molar refractivity (Wildman–Crippen MR) is 150 cm³/mol. The van der Waals surface area contributed by atoms with Crippen molar-refractivity contribution in [1.29, 1.82) is 0 Å². The van der Waals surface area contributed by atoms with Crippen molar-refractivity contribution in [3.63, 3.8) is 0 Å². The molecule has 1 saturated carbocycles. The number of methoxy groups -OCH3 is 1. The van der Waals surface area contributed by atoms with E-state index in [0.29, 0.717) is 16.5 Å². The Labute approximate surface area is 224 Å². The summed E-state index contributed by atoms with van der Waals surface area (Å²) < 4.78 is 32.2. The van der Waals surface area contributed by atoms with E-state index < -0.39 is 10.0 Å². The van der Waals surface area contributed by atoms with Gasteiger partial charge in [0, 0.05) is 22.8 Å². The third-order valence-corrected chi connectivity index (χ3v) is 9.18. The van der Waals surface area contributed by atoms with E-state index in [4.69, 9.17) is 17.0 Å². The minimum atomic E-state index is -3.28. The van der Waals surface area contributed by atoms with Crippen LogP contribution in [0.2, 0.25) is 0 Å². The Kier molecular flexibility index (Phi) is 6.11. The Morgan fingerprint density at radius 3 is 2.55 bits per heavy atom. The van der Waals surface area contributed by atoms with Crippen molar-refractivity contribution in [2.24, 2.45) is 0 Å². The summed E-state index contributed by atoms with van der Waals surface area (Å²) in [5.41, 5.74) is 2.85. The summed E-state index contributed by atoms with van der Waals surface area (Å²) in [7, 11) is -1.75. The molecule has 1 aliphatic carbocycles. The maximum atomic E-state index is 12.1. The molecule has 6 rings (SSSR count). The zero-order chi connectivity index (χ0) is 26.4. The number of fused-ring (bicyclic) bond motifs is 3. The zero-order valence-corrected chi connectivity index (χ0v) is 22.3. The van der Waals surface area contributed by atoms with Gasteiger partial charge in [-0.25, -0.2) is 13.4 Å². The molecule has 0 unspecified atom stereocenters. The van der Waals surface area contributed by atoms with Gasteiger partial charge in [0.25, 0.3) is 0 Å². The normalized spacial score (nSPS) is 16.1. The summed E-state index contributed by atoms with van der Waals surface area (Å²) in [4.78, 5) is 15.4. The summed E-state index contributed by atoms with van der Waals surface area (Å²) in [6.07, 6.45) is 3.11. The van der Waals surface area contributed by atoms with Crippen LogP contribution in [-0.4, -0.2) is 72.0 Å². The number of rotatable bonds is 6. The van der Waals surface area contributed by atoms with Gasteiger partial charge in [-0.15, -0.1) is 0 Å². The first-order valence-corrected chi connectivity index (χ1v) is 14.3. The molecule has 4 aromatic rings. The lowest BCUT2D eigenvalue weighted by molar-refractivity contribution is -0.367. The quantitative estimate of drug-likeness (QED) is 0.265. The number of nitrogens with one attached hydrogen (secondary N) is 4. The Balaban J connectivity index is 1.13. The van der Waals surface area contributed by atoms with Crippen LogP contribution in [0, 0.1) is 0 Å². The Morgan fingerprint density at radius 2 is 1.87 bits per heavy atom. The number of anilines is 3. The topological polar surface area (TPSA) is 137 Å². The number of H-pyrrole nitrogens is 2. The van der Waals surface area contributed by atoms with Crippen molar-refractivity contribution in [1.82, 2.24) is 14.9 Å². The average Bonchev–Trinajstić information content (AvgIpc) is 3.72. The molecule has 13 heteroatoms. The molecule has 0 amide bonds. The number of piperazine rings is 1. The van der Waals surface area contributed by atoms with Crippen LogP contribution in [0.25, 0.3) is 21.9 Å². The molecule has 1 aliphatic heterocycles. The van der Waals surface area contributed by atoms with Crippen LogP contribution in [-0.2, 0) is 10.0 Å². The minimum absolute atomic E-state index is 0.0703. The highest BCUT2D eigenvalue weighted by molar-refractivity contribution is 7.93. The number of nitrogens with zero attached hydrogens (tertiary/aromatic N) is 3. The summed E-state index contributed by atoms with van der Waals surface area (Å²) in [6.45, 7) is 2.91. The van der Waals surface area contributed by atoms with Gasteiger partial charge in [-0.1, -0.05) is 4.98 Å². The lowest BCUT2D eigenvalue weighted by atomic mass is 10.1. The first-order chi connectivity index (χ1) is 18.3. The lowest BCUT2D eigenvalue weighted by Crippen LogP contribution is -2.51. The molecule has 0 spiro atoms. The number of hydrogen-bond donors (Lipinski definition) is 4. The SMILES string of the molecule is COc1cc2c(cc1O)[nH]c1nc[nH+]c(N3CCN(C(=S)Nc4ccc(NS(=O)(=O)C5CC5)cc4)CC3)c12. The van der Waals surface area contributed by atoms with Gasteiger partial charge in [-0.3, -0.25) is 9.62 Å². The highest BCUT2D eigenvalue weighted by Gasteiger charge is 2.35. The molecule has 0 radical (unpaired) electrons. The fraction of sp³-hybridized carbons (Fsp3) is 0.320. The van der Waals surface area contributed by atoms with Gasteiger partial charge < -0.3 is 25.0 Å². The van der Waals surface area contributed by atoms with Gasteiger partial charge in [-0.05, 0) is 55.4 Å². The van der Waals surface area contributed by atoms with Crippen LogP contribution < -0.4 is 24.7 Å². The molecule has 1 saturated heterocycles. The molecular formula is C25H28N7O4S2+. The number of ether oxygens (including phenoxy) is 1. The van der Waals surface area contributed by atoms with Crippen molar-refractivity contribution in [3.8, 4) is 11.5 Å². The summed E-state index contributed by atoms with van der Waals surface area (Å²) >= 11 is 5.67. The molecule has 2 aromatic carbocycles. The molecule has 198 valence electrons. The Morgan fingerprint density at radius 1 is 1.16 bits per heavy atom. The maximum Gasteiger partial charge on any atom is 0.235 e. The number of aromatic hydroxyl groups is 1. The van der Waals surface area contributed by atoms with E-state index in [1.165, 1.54) is 7.11 Å². The van der Waals surface area contributed by atoms with Crippen molar-refractivity contribution in [3.05, 3.63) is 42.7 Å². The standard InChI is InChI=1S/C25H27N7O4S2/c1-36-21-12-18-19(13-20(21)33)29-23-22(18)24(27-14-26-23)31-8-10-32(11-9-31)25(37)28-15-2-4-16(5-3-15)30-38(34,35)17-6-7-17/h2-5,12-14,17,30,33H,6-11H2,1H3,(H,28,37)(H,26,27,29)/p+1. The van der Waals surface area contributed by atoms with Crippen molar-refractivity contribution in [2.75, 3.05) is 48.2 Å². The number of aromatic nitrogens is 3. The fourth-order valence-corrected chi connectivity index (χ4v) is 6.45. The van der Waals surface area contributed by atoms with E-state index in [1.54, 1.807) is 24.5 Å². The van der Waals surface area contributed by atoms with Crippen molar-refractivity contribution in [2.45, 2.75) is 18.1 Å². The van der Waals surface area contributed by atoms with E-state index in [2.05, 4.69) is 34.8 Å². The lowest BCUT2D eigenvalue weighted by Gasteiger charge is -2.34. The van der Waals surface area contributed by atoms with Crippen LogP contribution in [0.3, 0.4) is 0 Å². The van der Waals surface area contributed by atoms with E-state index in [9.17, 15) is 13.5 Å². The Bertz CT molecular complexity index is 1630. The highest BCUT2D eigenvalue weighted by Crippen LogP contribution is 2.37. The monoisotopic (exact) mass is 554 g/mol. The van der Waals surface area contributed by atoms with Crippen LogP contribution in [0.5, 0.6) is 11.5 Å². The fourth-order valence-electron chi connectivity index (χ4n) is 4.76. The third-order valence-electron chi connectivity index (χ3n) is 6.95. The summed E-state index contributed by atoms with van der Waals surface area (Å²) in [5, 5.41) is 15.6. The molecule has 0 atom stereocenters. The van der Waals surface area contributed by atoms with Crippen LogP contribution in [0.15, 0.2) is 42.7 Å². The summed E-state index contributed by atoms with van der Waals surface area (Å²) in [5.74, 6) is 1.42. The highest BCUT2D eigenvalue weighted by atomic mass is 32.2.